The summed E-state index contributed by atoms with van der Waals surface area (Å²) >= 11 is 0. The molecule has 11 heteroatoms. The zero-order chi connectivity index (χ0) is 30.4. The molecule has 0 spiro atoms. The second-order valence-corrected chi connectivity index (χ2v) is 16.0. The summed E-state index contributed by atoms with van der Waals surface area (Å²) in [7, 11) is -6.08. The topological polar surface area (TPSA) is 122 Å². The second-order valence-electron chi connectivity index (χ2n) is 12.4. The highest BCUT2D eigenvalue weighted by molar-refractivity contribution is 7.92. The third kappa shape index (κ3) is 6.24. The first-order chi connectivity index (χ1) is 20.4. The number of carbonyl (C=O) groups is 1. The van der Waals surface area contributed by atoms with E-state index < -0.39 is 32.5 Å². The average Bonchev–Trinajstić information content (AvgIpc) is 2.95. The Hall–Kier alpha value is -3.57. The first-order valence-electron chi connectivity index (χ1n) is 14.6. The molecule has 0 aromatic heterocycles. The maximum Gasteiger partial charge on any atom is 0.261 e. The van der Waals surface area contributed by atoms with Gasteiger partial charge < -0.3 is 10.1 Å². The van der Waals surface area contributed by atoms with Gasteiger partial charge in [0, 0.05) is 11.4 Å². The summed E-state index contributed by atoms with van der Waals surface area (Å²) in [6.45, 7) is -0.408. The van der Waals surface area contributed by atoms with Crippen LogP contribution in [0.1, 0.15) is 44.1 Å². The summed E-state index contributed by atoms with van der Waals surface area (Å²) in [6, 6.07) is 19.9. The van der Waals surface area contributed by atoms with Crippen molar-refractivity contribution in [2.75, 3.05) is 34.3 Å². The first-order valence-corrected chi connectivity index (χ1v) is 17.9. The van der Waals surface area contributed by atoms with Gasteiger partial charge in [-0.25, -0.2) is 16.8 Å². The normalized spacial score (nSPS) is 24.4. The van der Waals surface area contributed by atoms with E-state index in [0.29, 0.717) is 22.8 Å². The molecule has 4 saturated carbocycles. The number of carbonyl (C=O) groups excluding carboxylic acids is 1. The van der Waals surface area contributed by atoms with Gasteiger partial charge in [0.25, 0.3) is 10.0 Å². The predicted octanol–water partition coefficient (Wildman–Crippen LogP) is 5.37. The van der Waals surface area contributed by atoms with E-state index in [4.69, 9.17) is 4.74 Å². The lowest BCUT2D eigenvalue weighted by molar-refractivity contribution is -0.114. The molecule has 4 bridgehead atoms. The van der Waals surface area contributed by atoms with Crippen LogP contribution in [-0.2, 0) is 30.3 Å². The van der Waals surface area contributed by atoms with Crippen LogP contribution in [0.4, 0.5) is 17.1 Å². The molecular weight excluding hydrogens is 587 g/mol. The Balaban J connectivity index is 1.11. The zero-order valence-electron chi connectivity index (χ0n) is 24.3. The smallest absolute Gasteiger partial charge is 0.261 e. The van der Waals surface area contributed by atoms with Crippen molar-refractivity contribution in [1.29, 1.82) is 0 Å². The van der Waals surface area contributed by atoms with E-state index in [1.165, 1.54) is 75.5 Å². The van der Waals surface area contributed by atoms with Crippen LogP contribution in [0, 0.1) is 17.8 Å². The third-order valence-electron chi connectivity index (χ3n) is 9.28. The Morgan fingerprint density at radius 3 is 1.86 bits per heavy atom. The number of hydrogen-bond donors (Lipinski definition) is 2. The van der Waals surface area contributed by atoms with Crippen LogP contribution < -0.4 is 19.1 Å². The molecule has 3 aromatic carbocycles. The highest BCUT2D eigenvalue weighted by Crippen LogP contribution is 2.60. The lowest BCUT2D eigenvalue weighted by Crippen LogP contribution is -2.48. The quantitative estimate of drug-likeness (QED) is 0.313. The van der Waals surface area contributed by atoms with Crippen LogP contribution in [0.25, 0.3) is 0 Å². The number of amides is 1. The van der Waals surface area contributed by atoms with Gasteiger partial charge in [-0.2, -0.15) is 0 Å². The van der Waals surface area contributed by atoms with Crippen molar-refractivity contribution >= 4 is 43.0 Å². The number of ether oxygens (including phenoxy) is 1. The monoisotopic (exact) mass is 623 g/mol. The summed E-state index contributed by atoms with van der Waals surface area (Å²) in [5.74, 6) is 2.48. The average molecular weight is 624 g/mol. The summed E-state index contributed by atoms with van der Waals surface area (Å²) < 4.78 is 59.8. The van der Waals surface area contributed by atoms with Crippen LogP contribution in [0.3, 0.4) is 0 Å². The van der Waals surface area contributed by atoms with Gasteiger partial charge in [0.1, 0.15) is 12.3 Å². The number of rotatable bonds is 10. The largest absolute Gasteiger partial charge is 0.497 e. The van der Waals surface area contributed by atoms with Gasteiger partial charge in [0.05, 0.1) is 23.9 Å². The Kier molecular flexibility index (Phi) is 7.66. The predicted molar refractivity (Wildman–Crippen MR) is 167 cm³/mol. The fourth-order valence-corrected chi connectivity index (χ4v) is 9.68. The van der Waals surface area contributed by atoms with Gasteiger partial charge in [0.2, 0.25) is 15.9 Å². The van der Waals surface area contributed by atoms with E-state index in [0.717, 1.165) is 28.3 Å². The summed E-state index contributed by atoms with van der Waals surface area (Å²) in [6.07, 6.45) is 8.80. The lowest BCUT2D eigenvalue weighted by atomic mass is 9.48. The number of benzene rings is 3. The first kappa shape index (κ1) is 29.5. The van der Waals surface area contributed by atoms with Crippen LogP contribution in [0.5, 0.6) is 5.75 Å². The van der Waals surface area contributed by atoms with Crippen molar-refractivity contribution in [3.05, 3.63) is 78.4 Å². The van der Waals surface area contributed by atoms with E-state index in [1.54, 1.807) is 24.3 Å². The molecule has 7 rings (SSSR count). The molecular formula is C32H37N3O6S2. The van der Waals surface area contributed by atoms with Crippen LogP contribution in [0.15, 0.2) is 77.7 Å². The third-order valence-corrected chi connectivity index (χ3v) is 11.8. The Labute approximate surface area is 253 Å². The number of anilines is 3. The summed E-state index contributed by atoms with van der Waals surface area (Å²) in [5, 5.41) is 2.68. The van der Waals surface area contributed by atoms with Gasteiger partial charge in [-0.05, 0) is 128 Å². The minimum absolute atomic E-state index is 0.0122. The second kappa shape index (κ2) is 11.2. The number of nitrogens with zero attached hydrogens (tertiary/aromatic N) is 1. The summed E-state index contributed by atoms with van der Waals surface area (Å²) in [5.41, 5.74) is 2.65. The van der Waals surface area contributed by atoms with Crippen molar-refractivity contribution in [1.82, 2.24) is 0 Å². The van der Waals surface area contributed by atoms with E-state index in [-0.39, 0.29) is 10.3 Å². The van der Waals surface area contributed by atoms with E-state index >= 15 is 0 Å². The number of nitrogens with one attached hydrogen (secondary N) is 2. The van der Waals surface area contributed by atoms with Crippen LogP contribution >= 0.6 is 0 Å². The molecule has 0 radical (unpaired) electrons. The Morgan fingerprint density at radius 2 is 1.35 bits per heavy atom. The van der Waals surface area contributed by atoms with E-state index in [9.17, 15) is 21.6 Å². The fraction of sp³-hybridized carbons (Fsp3) is 0.406. The SMILES string of the molecule is COc1ccc(NS(=O)(=O)c2ccc(NC(=O)CN(c3ccc(C45CC6CC(CC(C6)C4)C5)cc3)S(C)(=O)=O)cc2)cc1. The minimum Gasteiger partial charge on any atom is -0.497 e. The summed E-state index contributed by atoms with van der Waals surface area (Å²) in [4.78, 5) is 13.0. The molecule has 0 saturated heterocycles. The molecule has 0 aliphatic heterocycles. The molecule has 4 aliphatic carbocycles. The standard InChI is InChI=1S/C32H37N3O6S2/c1-41-29-11-5-27(6-12-29)34-43(39,40)30-13-7-26(8-14-30)33-31(36)21-35(42(2,37)38)28-9-3-25(4-10-28)32-18-22-15-23(19-32)17-24(16-22)20-32/h3-14,22-24,34H,15-21H2,1-2H3,(H,33,36). The molecule has 2 N–H and O–H groups in total. The van der Waals surface area contributed by atoms with E-state index in [1.807, 2.05) is 12.1 Å². The highest BCUT2D eigenvalue weighted by Gasteiger charge is 2.51. The molecule has 3 aromatic rings. The van der Waals surface area contributed by atoms with Gasteiger partial charge in [-0.3, -0.25) is 13.8 Å². The molecule has 43 heavy (non-hydrogen) atoms. The molecule has 4 aliphatic rings. The number of hydrogen-bond acceptors (Lipinski definition) is 6. The number of sulfonamides is 2. The molecule has 0 unspecified atom stereocenters. The van der Waals surface area contributed by atoms with Crippen molar-refractivity contribution in [3.8, 4) is 5.75 Å². The molecule has 0 atom stereocenters. The Bertz CT molecular complexity index is 1670. The van der Waals surface area contributed by atoms with Crippen molar-refractivity contribution in [2.45, 2.75) is 48.8 Å². The van der Waals surface area contributed by atoms with Crippen LogP contribution in [0.2, 0.25) is 0 Å². The van der Waals surface area contributed by atoms with Gasteiger partial charge >= 0.3 is 0 Å². The number of methoxy groups -OCH3 is 1. The van der Waals surface area contributed by atoms with Crippen molar-refractivity contribution < 1.29 is 26.4 Å². The van der Waals surface area contributed by atoms with Crippen molar-refractivity contribution in [3.63, 3.8) is 0 Å². The molecule has 228 valence electrons. The minimum atomic E-state index is -3.86. The molecule has 9 nitrogen and oxygen atoms in total. The van der Waals surface area contributed by atoms with Gasteiger partial charge in [0.15, 0.2) is 0 Å². The van der Waals surface area contributed by atoms with Crippen LogP contribution in [-0.4, -0.2) is 42.7 Å². The maximum atomic E-state index is 13.0. The van der Waals surface area contributed by atoms with Gasteiger partial charge in [-0.15, -0.1) is 0 Å². The highest BCUT2D eigenvalue weighted by atomic mass is 32.2. The molecule has 4 fully saturated rings. The van der Waals surface area contributed by atoms with Crippen molar-refractivity contribution in [2.24, 2.45) is 17.8 Å². The maximum absolute atomic E-state index is 13.0. The zero-order valence-corrected chi connectivity index (χ0v) is 26.0. The fourth-order valence-electron chi connectivity index (χ4n) is 7.77. The molecule has 0 heterocycles. The molecule has 1 amide bonds. The lowest BCUT2D eigenvalue weighted by Gasteiger charge is -2.57. The van der Waals surface area contributed by atoms with Gasteiger partial charge in [-0.1, -0.05) is 12.1 Å². The Morgan fingerprint density at radius 1 is 0.814 bits per heavy atom. The van der Waals surface area contributed by atoms with E-state index in [2.05, 4.69) is 22.2 Å².